The fraction of sp³-hybridized carbons (Fsp3) is 0.500. The van der Waals surface area contributed by atoms with E-state index in [4.69, 9.17) is 0 Å². The van der Waals surface area contributed by atoms with Gasteiger partial charge in [0.25, 0.3) is 5.69 Å². The van der Waals surface area contributed by atoms with E-state index in [2.05, 4.69) is 4.72 Å². The monoisotopic (exact) mass is 348 g/mol. The van der Waals surface area contributed by atoms with Gasteiger partial charge in [-0.1, -0.05) is 6.07 Å². The Morgan fingerprint density at radius 3 is 2.50 bits per heavy atom. The Labute approximate surface area is 128 Å². The number of hydrogen-bond acceptors (Lipinski definition) is 6. The lowest BCUT2D eigenvalue weighted by Gasteiger charge is -2.23. The highest BCUT2D eigenvalue weighted by Gasteiger charge is 2.41. The maximum absolute atomic E-state index is 12.4. The molecule has 1 atom stereocenters. The Morgan fingerprint density at radius 1 is 1.36 bits per heavy atom. The maximum Gasteiger partial charge on any atom is 0.273 e. The second-order valence-electron chi connectivity index (χ2n) is 5.71. The molecule has 1 aliphatic heterocycles. The summed E-state index contributed by atoms with van der Waals surface area (Å²) in [5.41, 5.74) is -1.05. The molecule has 10 heteroatoms. The highest BCUT2D eigenvalue weighted by atomic mass is 32.2. The number of sulfone groups is 1. The zero-order valence-electron chi connectivity index (χ0n) is 12.1. The molecule has 22 heavy (non-hydrogen) atoms. The minimum Gasteiger partial charge on any atom is -0.258 e. The van der Waals surface area contributed by atoms with Gasteiger partial charge < -0.3 is 0 Å². The van der Waals surface area contributed by atoms with Crippen molar-refractivity contribution < 1.29 is 21.8 Å². The largest absolute Gasteiger partial charge is 0.273 e. The van der Waals surface area contributed by atoms with Crippen molar-refractivity contribution in [3.8, 4) is 0 Å². The molecule has 0 aromatic heterocycles. The van der Waals surface area contributed by atoms with Crippen molar-refractivity contribution in [1.82, 2.24) is 4.72 Å². The number of nitrogens with one attached hydrogen (secondary N) is 1. The van der Waals surface area contributed by atoms with Gasteiger partial charge in [0.2, 0.25) is 10.0 Å². The lowest BCUT2D eigenvalue weighted by atomic mass is 10.0. The van der Waals surface area contributed by atoms with E-state index in [1.165, 1.54) is 26.0 Å². The van der Waals surface area contributed by atoms with E-state index in [0.717, 1.165) is 6.07 Å². The summed E-state index contributed by atoms with van der Waals surface area (Å²) in [6.07, 6.45) is 0.169. The van der Waals surface area contributed by atoms with E-state index in [1.807, 2.05) is 0 Å². The lowest BCUT2D eigenvalue weighted by Crippen LogP contribution is -2.46. The molecule has 1 aromatic rings. The molecule has 1 unspecified atom stereocenters. The number of rotatable bonds is 4. The van der Waals surface area contributed by atoms with Gasteiger partial charge in [0, 0.05) is 17.2 Å². The summed E-state index contributed by atoms with van der Waals surface area (Å²) in [5, 5.41) is 10.9. The van der Waals surface area contributed by atoms with E-state index < -0.39 is 30.3 Å². The third-order valence-electron chi connectivity index (χ3n) is 3.57. The number of nitrogens with zero attached hydrogens (tertiary/aromatic N) is 1. The number of benzene rings is 1. The highest BCUT2D eigenvalue weighted by Crippen LogP contribution is 2.27. The van der Waals surface area contributed by atoms with Crippen molar-refractivity contribution in [3.05, 3.63) is 33.9 Å². The number of hydrogen-bond donors (Lipinski definition) is 1. The summed E-state index contributed by atoms with van der Waals surface area (Å²) in [5.74, 6) is -0.368. The molecular formula is C12H16N2O6S2. The Morgan fingerprint density at radius 2 is 2.00 bits per heavy atom. The summed E-state index contributed by atoms with van der Waals surface area (Å²) in [6, 6.07) is 3.59. The standard InChI is InChI=1S/C12H16N2O6S2/c1-9-3-4-10(7-11(9)14(15)16)22(19,20)13-12(2)5-6-21(17,18)8-12/h3-4,7,13H,5-6,8H2,1-2H3. The summed E-state index contributed by atoms with van der Waals surface area (Å²) >= 11 is 0. The Hall–Kier alpha value is -1.52. The molecular weight excluding hydrogens is 332 g/mol. The molecule has 0 bridgehead atoms. The van der Waals surface area contributed by atoms with Gasteiger partial charge in [-0.25, -0.2) is 21.6 Å². The van der Waals surface area contributed by atoms with Crippen molar-refractivity contribution in [2.75, 3.05) is 11.5 Å². The van der Waals surface area contributed by atoms with Crippen LogP contribution in [0.25, 0.3) is 0 Å². The van der Waals surface area contributed by atoms with Gasteiger partial charge in [-0.2, -0.15) is 0 Å². The summed E-state index contributed by atoms with van der Waals surface area (Å²) in [7, 11) is -7.32. The molecule has 0 saturated carbocycles. The summed E-state index contributed by atoms with van der Waals surface area (Å²) < 4.78 is 50.1. The molecule has 1 aromatic carbocycles. The zero-order valence-corrected chi connectivity index (χ0v) is 13.7. The van der Waals surface area contributed by atoms with Crippen LogP contribution in [-0.2, 0) is 19.9 Å². The molecule has 0 amide bonds. The molecule has 1 fully saturated rings. The van der Waals surface area contributed by atoms with E-state index >= 15 is 0 Å². The van der Waals surface area contributed by atoms with Crippen LogP contribution >= 0.6 is 0 Å². The topological polar surface area (TPSA) is 123 Å². The van der Waals surface area contributed by atoms with Crippen LogP contribution < -0.4 is 4.72 Å². The van der Waals surface area contributed by atoms with Crippen LogP contribution in [-0.4, -0.2) is 38.8 Å². The van der Waals surface area contributed by atoms with Gasteiger partial charge in [0.1, 0.15) is 0 Å². The van der Waals surface area contributed by atoms with Gasteiger partial charge in [-0.15, -0.1) is 0 Å². The molecule has 8 nitrogen and oxygen atoms in total. The van der Waals surface area contributed by atoms with Crippen molar-refractivity contribution in [1.29, 1.82) is 0 Å². The molecule has 1 heterocycles. The minimum absolute atomic E-state index is 0.0833. The van der Waals surface area contributed by atoms with E-state index in [0.29, 0.717) is 5.56 Å². The van der Waals surface area contributed by atoms with E-state index in [-0.39, 0.29) is 28.5 Å². The van der Waals surface area contributed by atoms with Crippen LogP contribution in [0.5, 0.6) is 0 Å². The van der Waals surface area contributed by atoms with Crippen molar-refractivity contribution >= 4 is 25.5 Å². The maximum atomic E-state index is 12.4. The van der Waals surface area contributed by atoms with Crippen molar-refractivity contribution in [2.24, 2.45) is 0 Å². The normalized spacial score (nSPS) is 24.3. The first-order valence-electron chi connectivity index (χ1n) is 6.44. The van der Waals surface area contributed by atoms with Crippen LogP contribution in [0.3, 0.4) is 0 Å². The Balaban J connectivity index is 2.36. The first kappa shape index (κ1) is 16.8. The van der Waals surface area contributed by atoms with Crippen molar-refractivity contribution in [2.45, 2.75) is 30.7 Å². The predicted octanol–water partition coefficient (Wildman–Crippen LogP) is 0.759. The van der Waals surface area contributed by atoms with Crippen LogP contribution in [0, 0.1) is 17.0 Å². The fourth-order valence-corrected chi connectivity index (χ4v) is 6.07. The third kappa shape index (κ3) is 3.45. The van der Waals surface area contributed by atoms with E-state index in [9.17, 15) is 26.9 Å². The van der Waals surface area contributed by atoms with Crippen LogP contribution in [0.4, 0.5) is 5.69 Å². The van der Waals surface area contributed by atoms with Crippen LogP contribution in [0.15, 0.2) is 23.1 Å². The molecule has 0 aliphatic carbocycles. The Kier molecular flexibility index (Phi) is 4.05. The lowest BCUT2D eigenvalue weighted by molar-refractivity contribution is -0.385. The summed E-state index contributed by atoms with van der Waals surface area (Å²) in [4.78, 5) is 9.99. The van der Waals surface area contributed by atoms with E-state index in [1.54, 1.807) is 0 Å². The third-order valence-corrected chi connectivity index (χ3v) is 7.11. The zero-order chi connectivity index (χ0) is 16.8. The van der Waals surface area contributed by atoms with Crippen molar-refractivity contribution in [3.63, 3.8) is 0 Å². The smallest absolute Gasteiger partial charge is 0.258 e. The number of nitro benzene ring substituents is 1. The highest BCUT2D eigenvalue weighted by molar-refractivity contribution is 7.92. The van der Waals surface area contributed by atoms with Gasteiger partial charge >= 0.3 is 0 Å². The number of sulfonamides is 1. The van der Waals surface area contributed by atoms with Gasteiger partial charge in [0.15, 0.2) is 9.84 Å². The van der Waals surface area contributed by atoms with Gasteiger partial charge in [0.05, 0.1) is 21.3 Å². The summed E-state index contributed by atoms with van der Waals surface area (Å²) in [6.45, 7) is 3.02. The molecule has 122 valence electrons. The molecule has 2 rings (SSSR count). The molecule has 1 N–H and O–H groups in total. The van der Waals surface area contributed by atoms with Gasteiger partial charge in [-0.05, 0) is 26.3 Å². The van der Waals surface area contributed by atoms with Gasteiger partial charge in [-0.3, -0.25) is 10.1 Å². The first-order valence-corrected chi connectivity index (χ1v) is 9.74. The second kappa shape index (κ2) is 5.28. The average molecular weight is 348 g/mol. The van der Waals surface area contributed by atoms with Crippen LogP contribution in [0.1, 0.15) is 18.9 Å². The first-order chi connectivity index (χ1) is 9.94. The Bertz CT molecular complexity index is 831. The SMILES string of the molecule is Cc1ccc(S(=O)(=O)NC2(C)CCS(=O)(=O)C2)cc1[N+](=O)[O-]. The predicted molar refractivity (Wildman–Crippen MR) is 79.8 cm³/mol. The average Bonchev–Trinajstić information content (AvgIpc) is 2.62. The molecule has 1 saturated heterocycles. The molecule has 0 spiro atoms. The number of nitro groups is 1. The molecule has 1 aliphatic rings. The minimum atomic E-state index is -4.04. The number of aryl methyl sites for hydroxylation is 1. The fourth-order valence-electron chi connectivity index (χ4n) is 2.43. The quantitative estimate of drug-likeness (QED) is 0.633. The second-order valence-corrected chi connectivity index (χ2v) is 9.58. The van der Waals surface area contributed by atoms with Crippen LogP contribution in [0.2, 0.25) is 0 Å². The molecule has 0 radical (unpaired) electrons.